The number of aromatic hydroxyl groups is 1. The van der Waals surface area contributed by atoms with Crippen LogP contribution in [0.4, 0.5) is 4.79 Å². The molecule has 0 radical (unpaired) electrons. The summed E-state index contributed by atoms with van der Waals surface area (Å²) < 4.78 is 0. The standard InChI is InChI=1S/C21H28N2O2/c1-16(14-21(2,3)18-8-6-5-7-9-18)22-20(25)23(4)15-17-10-12-19(24)13-11-17/h5-13,16,24H,14-15H2,1-4H3,(H,22,25). The average Bonchev–Trinajstić information content (AvgIpc) is 2.57. The molecule has 1 unspecified atom stereocenters. The van der Waals surface area contributed by atoms with Gasteiger partial charge in [-0.1, -0.05) is 56.3 Å². The van der Waals surface area contributed by atoms with Gasteiger partial charge in [0.25, 0.3) is 0 Å². The minimum Gasteiger partial charge on any atom is -0.508 e. The first-order valence-electron chi connectivity index (χ1n) is 8.63. The van der Waals surface area contributed by atoms with Crippen LogP contribution in [-0.2, 0) is 12.0 Å². The highest BCUT2D eigenvalue weighted by atomic mass is 16.3. The van der Waals surface area contributed by atoms with Gasteiger partial charge < -0.3 is 15.3 Å². The average molecular weight is 340 g/mol. The van der Waals surface area contributed by atoms with E-state index >= 15 is 0 Å². The van der Waals surface area contributed by atoms with E-state index < -0.39 is 0 Å². The number of phenolic OH excluding ortho intramolecular Hbond substituents is 1. The lowest BCUT2D eigenvalue weighted by Gasteiger charge is -2.30. The number of urea groups is 1. The molecule has 0 bridgehead atoms. The Labute approximate surface area is 150 Å². The molecular formula is C21H28N2O2. The Morgan fingerprint density at radius 2 is 1.72 bits per heavy atom. The minimum atomic E-state index is -0.0931. The van der Waals surface area contributed by atoms with Crippen molar-refractivity contribution in [3.63, 3.8) is 0 Å². The van der Waals surface area contributed by atoms with Crippen molar-refractivity contribution in [1.29, 1.82) is 0 Å². The second-order valence-corrected chi connectivity index (χ2v) is 7.33. The summed E-state index contributed by atoms with van der Waals surface area (Å²) in [5.74, 6) is 0.229. The molecule has 2 aromatic carbocycles. The predicted molar refractivity (Wildman–Crippen MR) is 102 cm³/mol. The van der Waals surface area contributed by atoms with Crippen molar-refractivity contribution in [2.24, 2.45) is 0 Å². The van der Waals surface area contributed by atoms with E-state index in [1.54, 1.807) is 24.1 Å². The number of carbonyl (C=O) groups is 1. The summed E-state index contributed by atoms with van der Waals surface area (Å²) >= 11 is 0. The molecule has 1 atom stereocenters. The van der Waals surface area contributed by atoms with Crippen LogP contribution in [0.15, 0.2) is 54.6 Å². The molecule has 0 aliphatic carbocycles. The van der Waals surface area contributed by atoms with Crippen LogP contribution >= 0.6 is 0 Å². The number of carbonyl (C=O) groups excluding carboxylic acids is 1. The van der Waals surface area contributed by atoms with E-state index in [2.05, 4.69) is 31.3 Å². The van der Waals surface area contributed by atoms with Crippen LogP contribution in [0.25, 0.3) is 0 Å². The maximum absolute atomic E-state index is 12.4. The topological polar surface area (TPSA) is 52.6 Å². The Hall–Kier alpha value is -2.49. The zero-order valence-electron chi connectivity index (χ0n) is 15.5. The number of hydrogen-bond donors (Lipinski definition) is 2. The number of amides is 2. The second-order valence-electron chi connectivity index (χ2n) is 7.33. The Kier molecular flexibility index (Phi) is 6.07. The molecule has 0 saturated heterocycles. The van der Waals surface area contributed by atoms with Crippen molar-refractivity contribution >= 4 is 6.03 Å². The van der Waals surface area contributed by atoms with Gasteiger partial charge in [0.2, 0.25) is 0 Å². The van der Waals surface area contributed by atoms with Gasteiger partial charge in [0, 0.05) is 19.6 Å². The molecule has 134 valence electrons. The van der Waals surface area contributed by atoms with Crippen molar-refractivity contribution < 1.29 is 9.90 Å². The van der Waals surface area contributed by atoms with Gasteiger partial charge in [0.15, 0.2) is 0 Å². The van der Waals surface area contributed by atoms with E-state index in [9.17, 15) is 9.90 Å². The largest absolute Gasteiger partial charge is 0.508 e. The summed E-state index contributed by atoms with van der Waals surface area (Å²) in [4.78, 5) is 14.1. The normalized spacial score (nSPS) is 12.5. The van der Waals surface area contributed by atoms with Crippen LogP contribution in [0.3, 0.4) is 0 Å². The number of benzene rings is 2. The molecule has 25 heavy (non-hydrogen) atoms. The highest BCUT2D eigenvalue weighted by molar-refractivity contribution is 5.74. The van der Waals surface area contributed by atoms with Crippen LogP contribution < -0.4 is 5.32 Å². The summed E-state index contributed by atoms with van der Waals surface area (Å²) in [7, 11) is 1.78. The third kappa shape index (κ3) is 5.52. The molecule has 0 spiro atoms. The third-order valence-electron chi connectivity index (χ3n) is 4.44. The summed E-state index contributed by atoms with van der Waals surface area (Å²) in [6.45, 7) is 6.94. The number of hydrogen-bond acceptors (Lipinski definition) is 2. The molecule has 0 aromatic heterocycles. The molecule has 0 aliphatic rings. The highest BCUT2D eigenvalue weighted by Gasteiger charge is 2.24. The fraction of sp³-hybridized carbons (Fsp3) is 0.381. The van der Waals surface area contributed by atoms with Crippen LogP contribution in [0, 0.1) is 0 Å². The number of phenols is 1. The van der Waals surface area contributed by atoms with E-state index in [-0.39, 0.29) is 23.2 Å². The van der Waals surface area contributed by atoms with Crippen LogP contribution in [-0.4, -0.2) is 29.1 Å². The van der Waals surface area contributed by atoms with E-state index in [0.29, 0.717) is 6.54 Å². The molecule has 4 heteroatoms. The van der Waals surface area contributed by atoms with Crippen molar-refractivity contribution in [2.75, 3.05) is 7.05 Å². The zero-order chi connectivity index (χ0) is 18.4. The fourth-order valence-corrected chi connectivity index (χ4v) is 3.09. The lowest BCUT2D eigenvalue weighted by molar-refractivity contribution is 0.201. The second kappa shape index (κ2) is 8.06. The molecule has 2 aromatic rings. The quantitative estimate of drug-likeness (QED) is 0.824. The zero-order valence-corrected chi connectivity index (χ0v) is 15.5. The predicted octanol–water partition coefficient (Wildman–Crippen LogP) is 4.29. The smallest absolute Gasteiger partial charge is 0.317 e. The number of nitrogens with one attached hydrogen (secondary N) is 1. The van der Waals surface area contributed by atoms with Gasteiger partial charge in [-0.2, -0.15) is 0 Å². The molecule has 0 aliphatic heterocycles. The van der Waals surface area contributed by atoms with Gasteiger partial charge in [-0.25, -0.2) is 4.79 Å². The molecular weight excluding hydrogens is 312 g/mol. The number of rotatable bonds is 6. The Morgan fingerprint density at radius 3 is 2.32 bits per heavy atom. The summed E-state index contributed by atoms with van der Waals surface area (Å²) in [5, 5.41) is 12.4. The maximum atomic E-state index is 12.4. The van der Waals surface area contributed by atoms with Crippen molar-refractivity contribution in [2.45, 2.75) is 45.2 Å². The lowest BCUT2D eigenvalue weighted by Crippen LogP contribution is -2.43. The highest BCUT2D eigenvalue weighted by Crippen LogP contribution is 2.28. The molecule has 2 amide bonds. The Balaban J connectivity index is 1.89. The minimum absolute atomic E-state index is 0.0104. The van der Waals surface area contributed by atoms with Crippen molar-refractivity contribution in [1.82, 2.24) is 10.2 Å². The van der Waals surface area contributed by atoms with Gasteiger partial charge in [0.1, 0.15) is 5.75 Å². The SMILES string of the molecule is CC(CC(C)(C)c1ccccc1)NC(=O)N(C)Cc1ccc(O)cc1. The van der Waals surface area contributed by atoms with E-state index in [1.807, 2.05) is 37.3 Å². The van der Waals surface area contributed by atoms with Gasteiger partial charge in [-0.15, -0.1) is 0 Å². The first-order chi connectivity index (χ1) is 11.8. The molecule has 0 fully saturated rings. The van der Waals surface area contributed by atoms with Crippen molar-refractivity contribution in [3.05, 3.63) is 65.7 Å². The molecule has 2 rings (SSSR count). The van der Waals surface area contributed by atoms with Crippen LogP contribution in [0.1, 0.15) is 38.3 Å². The monoisotopic (exact) mass is 340 g/mol. The Morgan fingerprint density at radius 1 is 1.12 bits per heavy atom. The maximum Gasteiger partial charge on any atom is 0.317 e. The lowest BCUT2D eigenvalue weighted by atomic mass is 9.79. The fourth-order valence-electron chi connectivity index (χ4n) is 3.09. The molecule has 4 nitrogen and oxygen atoms in total. The first kappa shape index (κ1) is 18.8. The van der Waals surface area contributed by atoms with Gasteiger partial charge >= 0.3 is 6.03 Å². The molecule has 0 heterocycles. The molecule has 2 N–H and O–H groups in total. The van der Waals surface area contributed by atoms with Crippen LogP contribution in [0.2, 0.25) is 0 Å². The van der Waals surface area contributed by atoms with E-state index in [0.717, 1.165) is 12.0 Å². The van der Waals surface area contributed by atoms with E-state index in [1.165, 1.54) is 5.56 Å². The van der Waals surface area contributed by atoms with Crippen LogP contribution in [0.5, 0.6) is 5.75 Å². The Bertz CT molecular complexity index is 681. The summed E-state index contributed by atoms with van der Waals surface area (Å²) in [6.07, 6.45) is 0.857. The van der Waals surface area contributed by atoms with Gasteiger partial charge in [-0.05, 0) is 42.0 Å². The van der Waals surface area contributed by atoms with Gasteiger partial charge in [0.05, 0.1) is 0 Å². The number of nitrogens with zero attached hydrogens (tertiary/aromatic N) is 1. The van der Waals surface area contributed by atoms with Crippen molar-refractivity contribution in [3.8, 4) is 5.75 Å². The molecule has 0 saturated carbocycles. The first-order valence-corrected chi connectivity index (χ1v) is 8.63. The third-order valence-corrected chi connectivity index (χ3v) is 4.44. The summed E-state index contributed by atoms with van der Waals surface area (Å²) in [6, 6.07) is 17.2. The summed E-state index contributed by atoms with van der Waals surface area (Å²) in [5.41, 5.74) is 2.24. The van der Waals surface area contributed by atoms with Gasteiger partial charge in [-0.3, -0.25) is 0 Å². The van der Waals surface area contributed by atoms with E-state index in [4.69, 9.17) is 0 Å².